The smallest absolute Gasteiger partial charge is 0.254 e. The fraction of sp³-hybridized carbons (Fsp3) is 0.150. The van der Waals surface area contributed by atoms with E-state index < -0.39 is 0 Å². The molecule has 6 nitrogen and oxygen atoms in total. The van der Waals surface area contributed by atoms with Crippen molar-refractivity contribution < 1.29 is 14.1 Å². The minimum Gasteiger partial charge on any atom is -0.490 e. The second-order valence-electron chi connectivity index (χ2n) is 5.66. The quantitative estimate of drug-likeness (QED) is 0.610. The normalized spacial score (nSPS) is 10.3. The van der Waals surface area contributed by atoms with Gasteiger partial charge in [-0.1, -0.05) is 48.1 Å². The Morgan fingerprint density at radius 3 is 2.62 bits per heavy atom. The zero-order valence-corrected chi connectivity index (χ0v) is 14.5. The first-order chi connectivity index (χ1) is 12.7. The summed E-state index contributed by atoms with van der Waals surface area (Å²) in [5, 5.41) is 3.96. The van der Waals surface area contributed by atoms with Crippen LogP contribution < -0.4 is 4.74 Å². The first kappa shape index (κ1) is 17.4. The zero-order chi connectivity index (χ0) is 18.4. The molecule has 26 heavy (non-hydrogen) atoms. The van der Waals surface area contributed by atoms with Gasteiger partial charge in [0, 0.05) is 18.2 Å². The molecular weight excluding hydrogens is 330 g/mol. The van der Waals surface area contributed by atoms with Crippen molar-refractivity contribution in [2.45, 2.75) is 6.54 Å². The maximum Gasteiger partial charge on any atom is 0.254 e. The summed E-state index contributed by atoms with van der Waals surface area (Å²) in [6, 6.07) is 16.5. The van der Waals surface area contributed by atoms with Crippen molar-refractivity contribution in [2.75, 3.05) is 13.7 Å². The highest BCUT2D eigenvalue weighted by Crippen LogP contribution is 2.17. The number of hydrogen-bond acceptors (Lipinski definition) is 5. The number of rotatable bonds is 7. The van der Waals surface area contributed by atoms with Gasteiger partial charge in [-0.2, -0.15) is 4.98 Å². The first-order valence-corrected chi connectivity index (χ1v) is 8.14. The number of carbonyl (C=O) groups excluding carboxylic acids is 1. The average Bonchev–Trinajstić information content (AvgIpc) is 3.15. The number of hydrogen-bond donors (Lipinski definition) is 0. The Bertz CT molecular complexity index is 873. The van der Waals surface area contributed by atoms with Crippen LogP contribution in [0.2, 0.25) is 0 Å². The van der Waals surface area contributed by atoms with E-state index in [-0.39, 0.29) is 12.5 Å². The van der Waals surface area contributed by atoms with E-state index in [9.17, 15) is 4.79 Å². The van der Waals surface area contributed by atoms with Gasteiger partial charge in [0.05, 0.1) is 6.54 Å². The fourth-order valence-electron chi connectivity index (χ4n) is 2.37. The molecule has 0 aliphatic carbocycles. The second-order valence-corrected chi connectivity index (χ2v) is 5.66. The van der Waals surface area contributed by atoms with Gasteiger partial charge in [-0.25, -0.2) is 0 Å². The summed E-state index contributed by atoms with van der Waals surface area (Å²) in [6.45, 7) is 4.25. The van der Waals surface area contributed by atoms with Crippen molar-refractivity contribution in [1.82, 2.24) is 15.0 Å². The summed E-state index contributed by atoms with van der Waals surface area (Å²) in [4.78, 5) is 18.4. The zero-order valence-electron chi connectivity index (χ0n) is 14.5. The lowest BCUT2D eigenvalue weighted by Crippen LogP contribution is -2.26. The van der Waals surface area contributed by atoms with Crippen LogP contribution in [-0.2, 0) is 6.54 Å². The lowest BCUT2D eigenvalue weighted by atomic mass is 10.2. The van der Waals surface area contributed by atoms with Gasteiger partial charge in [0.25, 0.3) is 5.91 Å². The lowest BCUT2D eigenvalue weighted by molar-refractivity contribution is 0.0769. The van der Waals surface area contributed by atoms with E-state index in [4.69, 9.17) is 9.26 Å². The molecule has 0 fully saturated rings. The molecule has 0 bridgehead atoms. The van der Waals surface area contributed by atoms with Gasteiger partial charge in [-0.05, 0) is 24.3 Å². The van der Waals surface area contributed by atoms with Crippen LogP contribution in [0, 0.1) is 0 Å². The molecule has 0 spiro atoms. The van der Waals surface area contributed by atoms with E-state index in [1.165, 1.54) is 4.90 Å². The summed E-state index contributed by atoms with van der Waals surface area (Å²) >= 11 is 0. The third kappa shape index (κ3) is 4.16. The van der Waals surface area contributed by atoms with Gasteiger partial charge in [0.1, 0.15) is 12.4 Å². The molecule has 1 amide bonds. The van der Waals surface area contributed by atoms with Gasteiger partial charge < -0.3 is 14.2 Å². The number of amides is 1. The van der Waals surface area contributed by atoms with Gasteiger partial charge in [0.15, 0.2) is 0 Å². The third-order valence-electron chi connectivity index (χ3n) is 3.69. The summed E-state index contributed by atoms with van der Waals surface area (Å²) in [6.07, 6.45) is 1.67. The van der Waals surface area contributed by atoms with Crippen LogP contribution in [0.3, 0.4) is 0 Å². The SMILES string of the molecule is C=CCOc1ccc(C(=O)N(C)Cc2nc(-c3ccccc3)no2)cc1. The van der Waals surface area contributed by atoms with Crippen LogP contribution in [-0.4, -0.2) is 34.6 Å². The van der Waals surface area contributed by atoms with Crippen LogP contribution >= 0.6 is 0 Å². The Kier molecular flexibility index (Phi) is 5.43. The van der Waals surface area contributed by atoms with Gasteiger partial charge in [-0.15, -0.1) is 0 Å². The van der Waals surface area contributed by atoms with Crippen LogP contribution in [0.15, 0.2) is 71.8 Å². The number of benzene rings is 2. The van der Waals surface area contributed by atoms with Crippen molar-refractivity contribution in [3.05, 3.63) is 78.7 Å². The topological polar surface area (TPSA) is 68.5 Å². The summed E-state index contributed by atoms with van der Waals surface area (Å²) in [5.41, 5.74) is 1.42. The largest absolute Gasteiger partial charge is 0.490 e. The number of aromatic nitrogens is 2. The molecule has 3 rings (SSSR count). The molecule has 0 unspecified atom stereocenters. The predicted octanol–water partition coefficient (Wildman–Crippen LogP) is 3.57. The molecule has 1 aromatic heterocycles. The molecule has 132 valence electrons. The third-order valence-corrected chi connectivity index (χ3v) is 3.69. The number of carbonyl (C=O) groups is 1. The van der Waals surface area contributed by atoms with Crippen molar-refractivity contribution in [3.63, 3.8) is 0 Å². The van der Waals surface area contributed by atoms with E-state index in [1.54, 1.807) is 37.4 Å². The van der Waals surface area contributed by atoms with Gasteiger partial charge in [-0.3, -0.25) is 4.79 Å². The van der Waals surface area contributed by atoms with Crippen LogP contribution in [0.5, 0.6) is 5.75 Å². The minimum absolute atomic E-state index is 0.139. The van der Waals surface area contributed by atoms with Crippen LogP contribution in [0.25, 0.3) is 11.4 Å². The van der Waals surface area contributed by atoms with E-state index >= 15 is 0 Å². The standard InChI is InChI=1S/C20H19N3O3/c1-3-13-25-17-11-9-16(10-12-17)20(24)23(2)14-18-21-19(22-26-18)15-7-5-4-6-8-15/h3-12H,1,13-14H2,2H3. The molecular formula is C20H19N3O3. The van der Waals surface area contributed by atoms with E-state index in [0.29, 0.717) is 29.6 Å². The molecule has 0 aliphatic heterocycles. The Balaban J connectivity index is 1.64. The Morgan fingerprint density at radius 2 is 1.92 bits per heavy atom. The van der Waals surface area contributed by atoms with E-state index in [0.717, 1.165) is 5.56 Å². The van der Waals surface area contributed by atoms with Crippen molar-refractivity contribution in [1.29, 1.82) is 0 Å². The monoisotopic (exact) mass is 349 g/mol. The van der Waals surface area contributed by atoms with Gasteiger partial charge >= 0.3 is 0 Å². The molecule has 0 N–H and O–H groups in total. The first-order valence-electron chi connectivity index (χ1n) is 8.14. The van der Waals surface area contributed by atoms with E-state index in [2.05, 4.69) is 16.7 Å². The Morgan fingerprint density at radius 1 is 1.19 bits per heavy atom. The number of nitrogens with zero attached hydrogens (tertiary/aromatic N) is 3. The predicted molar refractivity (Wildman–Crippen MR) is 97.7 cm³/mol. The molecule has 0 saturated carbocycles. The molecule has 3 aromatic rings. The summed E-state index contributed by atoms with van der Waals surface area (Å²) < 4.78 is 10.7. The maximum atomic E-state index is 12.5. The molecule has 2 aromatic carbocycles. The van der Waals surface area contributed by atoms with Crippen LogP contribution in [0.4, 0.5) is 0 Å². The molecule has 0 radical (unpaired) electrons. The van der Waals surface area contributed by atoms with Crippen molar-refractivity contribution in [3.8, 4) is 17.1 Å². The van der Waals surface area contributed by atoms with Gasteiger partial charge in [0.2, 0.25) is 11.7 Å². The van der Waals surface area contributed by atoms with Crippen LogP contribution in [0.1, 0.15) is 16.2 Å². The average molecular weight is 349 g/mol. The summed E-state index contributed by atoms with van der Waals surface area (Å²) in [5.74, 6) is 1.43. The highest BCUT2D eigenvalue weighted by atomic mass is 16.5. The van der Waals surface area contributed by atoms with Crippen molar-refractivity contribution in [2.24, 2.45) is 0 Å². The molecule has 0 aliphatic rings. The molecule has 1 heterocycles. The summed E-state index contributed by atoms with van der Waals surface area (Å²) in [7, 11) is 1.69. The maximum absolute atomic E-state index is 12.5. The lowest BCUT2D eigenvalue weighted by Gasteiger charge is -2.15. The minimum atomic E-state index is -0.139. The van der Waals surface area contributed by atoms with E-state index in [1.807, 2.05) is 30.3 Å². The second kappa shape index (κ2) is 8.11. The Labute approximate surface area is 151 Å². The van der Waals surface area contributed by atoms with Crippen molar-refractivity contribution >= 4 is 5.91 Å². The molecule has 0 saturated heterocycles. The molecule has 0 atom stereocenters. The highest BCUT2D eigenvalue weighted by molar-refractivity contribution is 5.94. The molecule has 6 heteroatoms. The highest BCUT2D eigenvalue weighted by Gasteiger charge is 2.16. The Hall–Kier alpha value is -3.41. The number of ether oxygens (including phenoxy) is 1. The fourth-order valence-corrected chi connectivity index (χ4v) is 2.37.